The van der Waals surface area contributed by atoms with Gasteiger partial charge in [-0.15, -0.1) is 0 Å². The van der Waals surface area contributed by atoms with Crippen molar-refractivity contribution in [2.75, 3.05) is 17.7 Å². The summed E-state index contributed by atoms with van der Waals surface area (Å²) >= 11 is 9.50. The minimum absolute atomic E-state index is 0.173. The van der Waals surface area contributed by atoms with E-state index >= 15 is 0 Å². The van der Waals surface area contributed by atoms with Gasteiger partial charge < -0.3 is 10.6 Å². The highest BCUT2D eigenvalue weighted by atomic mass is 79.9. The fraction of sp³-hybridized carbons (Fsp3) is 0.133. The summed E-state index contributed by atoms with van der Waals surface area (Å²) in [4.78, 5) is 12.2. The molecule has 2 N–H and O–H groups in total. The van der Waals surface area contributed by atoms with Crippen LogP contribution in [0.3, 0.4) is 0 Å². The highest BCUT2D eigenvalue weighted by Crippen LogP contribution is 2.29. The third-order valence-electron chi connectivity index (χ3n) is 2.93. The summed E-state index contributed by atoms with van der Waals surface area (Å²) in [6, 6.07) is 10.9. The molecule has 0 spiro atoms. The second kappa shape index (κ2) is 6.29. The molecule has 0 unspecified atom stereocenters. The largest absolute Gasteiger partial charge is 0.388 e. The van der Waals surface area contributed by atoms with E-state index in [2.05, 4.69) is 26.6 Å². The second-order valence-corrected chi connectivity index (χ2v) is 5.62. The molecule has 104 valence electrons. The Bertz CT molecular complexity index is 641. The SMILES string of the molecule is CNc1ccc(C(=O)Nc2cc(Cl)c(C)cc2Br)cc1. The van der Waals surface area contributed by atoms with Crippen LogP contribution in [0.25, 0.3) is 0 Å². The third kappa shape index (κ3) is 3.32. The number of halogens is 2. The van der Waals surface area contributed by atoms with Gasteiger partial charge in [-0.3, -0.25) is 4.79 Å². The van der Waals surface area contributed by atoms with Gasteiger partial charge in [0, 0.05) is 27.8 Å². The van der Waals surface area contributed by atoms with E-state index in [1.807, 2.05) is 32.2 Å². The van der Waals surface area contributed by atoms with Crippen molar-refractivity contribution in [2.24, 2.45) is 0 Å². The number of hydrogen-bond acceptors (Lipinski definition) is 2. The van der Waals surface area contributed by atoms with Gasteiger partial charge in [-0.25, -0.2) is 0 Å². The van der Waals surface area contributed by atoms with Crippen LogP contribution in [0.2, 0.25) is 5.02 Å². The van der Waals surface area contributed by atoms with Crippen molar-refractivity contribution in [3.05, 3.63) is 57.0 Å². The molecular formula is C15H14BrClN2O. The first-order valence-electron chi connectivity index (χ1n) is 6.06. The summed E-state index contributed by atoms with van der Waals surface area (Å²) < 4.78 is 0.805. The molecule has 0 aliphatic heterocycles. The second-order valence-electron chi connectivity index (χ2n) is 4.36. The van der Waals surface area contributed by atoms with Crippen molar-refractivity contribution < 1.29 is 4.79 Å². The van der Waals surface area contributed by atoms with Crippen molar-refractivity contribution in [3.63, 3.8) is 0 Å². The van der Waals surface area contributed by atoms with Crippen molar-refractivity contribution in [2.45, 2.75) is 6.92 Å². The molecule has 0 bridgehead atoms. The minimum Gasteiger partial charge on any atom is -0.388 e. The summed E-state index contributed by atoms with van der Waals surface area (Å²) in [5.74, 6) is -0.173. The molecule has 0 saturated heterocycles. The Morgan fingerprint density at radius 2 is 1.85 bits per heavy atom. The van der Waals surface area contributed by atoms with Gasteiger partial charge in [0.1, 0.15) is 0 Å². The van der Waals surface area contributed by atoms with Gasteiger partial charge >= 0.3 is 0 Å². The van der Waals surface area contributed by atoms with Gasteiger partial charge in [-0.1, -0.05) is 11.6 Å². The Morgan fingerprint density at radius 1 is 1.20 bits per heavy atom. The predicted octanol–water partition coefficient (Wildman–Crippen LogP) is 4.70. The molecular weight excluding hydrogens is 340 g/mol. The fourth-order valence-corrected chi connectivity index (χ4v) is 2.45. The molecule has 0 radical (unpaired) electrons. The number of nitrogens with one attached hydrogen (secondary N) is 2. The number of carbonyl (C=O) groups excluding carboxylic acids is 1. The van der Waals surface area contributed by atoms with E-state index in [9.17, 15) is 4.79 Å². The van der Waals surface area contributed by atoms with Crippen molar-refractivity contribution >= 4 is 44.8 Å². The van der Waals surface area contributed by atoms with Crippen LogP contribution in [-0.4, -0.2) is 13.0 Å². The number of aryl methyl sites for hydroxylation is 1. The average molecular weight is 354 g/mol. The summed E-state index contributed by atoms with van der Waals surface area (Å²) in [5, 5.41) is 6.47. The van der Waals surface area contributed by atoms with Gasteiger partial charge in [0.25, 0.3) is 5.91 Å². The van der Waals surface area contributed by atoms with Crippen LogP contribution < -0.4 is 10.6 Å². The molecule has 0 atom stereocenters. The highest BCUT2D eigenvalue weighted by molar-refractivity contribution is 9.10. The lowest BCUT2D eigenvalue weighted by atomic mass is 10.1. The molecule has 0 heterocycles. The first-order valence-corrected chi connectivity index (χ1v) is 7.23. The molecule has 1 amide bonds. The number of rotatable bonds is 3. The molecule has 20 heavy (non-hydrogen) atoms. The first-order chi connectivity index (χ1) is 9.51. The van der Waals surface area contributed by atoms with E-state index in [1.54, 1.807) is 18.2 Å². The monoisotopic (exact) mass is 352 g/mol. The summed E-state index contributed by atoms with van der Waals surface area (Å²) in [6.07, 6.45) is 0. The Hall–Kier alpha value is -1.52. The van der Waals surface area contributed by atoms with Crippen LogP contribution >= 0.6 is 27.5 Å². The van der Waals surface area contributed by atoms with E-state index in [4.69, 9.17) is 11.6 Å². The molecule has 3 nitrogen and oxygen atoms in total. The smallest absolute Gasteiger partial charge is 0.255 e. The number of carbonyl (C=O) groups is 1. The number of benzene rings is 2. The Morgan fingerprint density at radius 3 is 2.45 bits per heavy atom. The van der Waals surface area contributed by atoms with Crippen LogP contribution in [0.5, 0.6) is 0 Å². The van der Waals surface area contributed by atoms with Crippen LogP contribution in [0.4, 0.5) is 11.4 Å². The van der Waals surface area contributed by atoms with Crippen LogP contribution in [0, 0.1) is 6.92 Å². The Labute approximate surface area is 131 Å². The van der Waals surface area contributed by atoms with E-state index in [-0.39, 0.29) is 5.91 Å². The lowest BCUT2D eigenvalue weighted by Crippen LogP contribution is -2.12. The maximum Gasteiger partial charge on any atom is 0.255 e. The van der Waals surface area contributed by atoms with Crippen LogP contribution in [0.1, 0.15) is 15.9 Å². The lowest BCUT2D eigenvalue weighted by Gasteiger charge is -2.10. The molecule has 2 aromatic rings. The third-order valence-corrected chi connectivity index (χ3v) is 4.00. The summed E-state index contributed by atoms with van der Waals surface area (Å²) in [7, 11) is 1.83. The minimum atomic E-state index is -0.173. The number of hydrogen-bond donors (Lipinski definition) is 2. The molecule has 0 aliphatic carbocycles. The molecule has 5 heteroatoms. The zero-order chi connectivity index (χ0) is 14.7. The van der Waals surface area contributed by atoms with E-state index in [0.717, 1.165) is 15.7 Å². The normalized spacial score (nSPS) is 10.2. The average Bonchev–Trinajstić information content (AvgIpc) is 2.44. The lowest BCUT2D eigenvalue weighted by molar-refractivity contribution is 0.102. The van der Waals surface area contributed by atoms with E-state index < -0.39 is 0 Å². The van der Waals surface area contributed by atoms with Crippen LogP contribution in [-0.2, 0) is 0 Å². The standard InChI is InChI=1S/C15H14BrClN2O/c1-9-7-12(16)14(8-13(9)17)19-15(20)10-3-5-11(18-2)6-4-10/h3-8,18H,1-2H3,(H,19,20). The molecule has 0 aliphatic rings. The number of amides is 1. The van der Waals surface area contributed by atoms with Crippen LogP contribution in [0.15, 0.2) is 40.9 Å². The summed E-state index contributed by atoms with van der Waals surface area (Å²) in [5.41, 5.74) is 3.16. The van der Waals surface area contributed by atoms with Gasteiger partial charge in [-0.05, 0) is 64.8 Å². The quantitative estimate of drug-likeness (QED) is 0.839. The Kier molecular flexibility index (Phi) is 4.68. The van der Waals surface area contributed by atoms with Gasteiger partial charge in [0.15, 0.2) is 0 Å². The van der Waals surface area contributed by atoms with Gasteiger partial charge in [-0.2, -0.15) is 0 Å². The first kappa shape index (κ1) is 14.9. The van der Waals surface area contributed by atoms with Gasteiger partial charge in [0.05, 0.1) is 5.69 Å². The fourth-order valence-electron chi connectivity index (χ4n) is 1.72. The topological polar surface area (TPSA) is 41.1 Å². The molecule has 0 fully saturated rings. The molecule has 2 aromatic carbocycles. The van der Waals surface area contributed by atoms with Crippen molar-refractivity contribution in [1.29, 1.82) is 0 Å². The maximum atomic E-state index is 12.2. The number of anilines is 2. The molecule has 2 rings (SSSR count). The zero-order valence-corrected chi connectivity index (χ0v) is 13.5. The zero-order valence-electron chi connectivity index (χ0n) is 11.1. The molecule has 0 saturated carbocycles. The summed E-state index contributed by atoms with van der Waals surface area (Å²) in [6.45, 7) is 1.91. The molecule has 0 aromatic heterocycles. The predicted molar refractivity (Wildman–Crippen MR) is 87.8 cm³/mol. The van der Waals surface area contributed by atoms with Crippen molar-refractivity contribution in [3.8, 4) is 0 Å². The Balaban J connectivity index is 2.20. The maximum absolute atomic E-state index is 12.2. The van der Waals surface area contributed by atoms with Gasteiger partial charge in [0.2, 0.25) is 0 Å². The van der Waals surface area contributed by atoms with E-state index in [0.29, 0.717) is 16.3 Å². The highest BCUT2D eigenvalue weighted by Gasteiger charge is 2.10. The van der Waals surface area contributed by atoms with E-state index in [1.165, 1.54) is 0 Å². The van der Waals surface area contributed by atoms with Crippen molar-refractivity contribution in [1.82, 2.24) is 0 Å².